The molecule has 7 heteroatoms. The first-order chi connectivity index (χ1) is 11.1. The molecule has 0 fully saturated rings. The Balaban J connectivity index is 1.85. The van der Waals surface area contributed by atoms with E-state index in [2.05, 4.69) is 40.7 Å². The van der Waals surface area contributed by atoms with Crippen molar-refractivity contribution in [2.45, 2.75) is 39.7 Å². The molecule has 0 radical (unpaired) electrons. The molecule has 126 valence electrons. The number of hydrogen-bond acceptors (Lipinski definition) is 4. The fourth-order valence-electron chi connectivity index (χ4n) is 1.96. The summed E-state index contributed by atoms with van der Waals surface area (Å²) in [5, 5.41) is 10.6. The average Bonchev–Trinajstić information content (AvgIpc) is 3.14. The van der Waals surface area contributed by atoms with E-state index >= 15 is 0 Å². The summed E-state index contributed by atoms with van der Waals surface area (Å²) in [6, 6.07) is 5.95. The predicted octanol–water partition coefficient (Wildman–Crippen LogP) is 3.81. The van der Waals surface area contributed by atoms with E-state index in [0.717, 1.165) is 41.3 Å². The van der Waals surface area contributed by atoms with Crippen LogP contribution in [0.25, 0.3) is 0 Å². The van der Waals surface area contributed by atoms with Crippen LogP contribution in [0.15, 0.2) is 27.7 Å². The minimum absolute atomic E-state index is 0.362. The molecule has 0 amide bonds. The highest BCUT2D eigenvalue weighted by molar-refractivity contribution is 7.16. The Labute approximate surface area is 146 Å². The highest BCUT2D eigenvalue weighted by Gasteiger charge is 2.07. The zero-order chi connectivity index (χ0) is 16.7. The Morgan fingerprint density at radius 2 is 2.22 bits per heavy atom. The van der Waals surface area contributed by atoms with E-state index in [1.54, 1.807) is 11.3 Å². The zero-order valence-corrected chi connectivity index (χ0v) is 15.3. The lowest BCUT2D eigenvalue weighted by molar-refractivity contribution is 0.376. The third-order valence-electron chi connectivity index (χ3n) is 3.20. The van der Waals surface area contributed by atoms with Crippen LogP contribution in [0.5, 0.6) is 0 Å². The molecule has 2 heterocycles. The van der Waals surface area contributed by atoms with Crippen molar-refractivity contribution in [1.29, 1.82) is 0 Å². The van der Waals surface area contributed by atoms with E-state index in [4.69, 9.17) is 16.1 Å². The lowest BCUT2D eigenvalue weighted by atomic mass is 10.1. The number of aromatic nitrogens is 1. The van der Waals surface area contributed by atoms with Gasteiger partial charge in [0.05, 0.1) is 10.0 Å². The van der Waals surface area contributed by atoms with E-state index in [9.17, 15) is 0 Å². The van der Waals surface area contributed by atoms with Crippen molar-refractivity contribution < 1.29 is 4.52 Å². The molecule has 2 aromatic heterocycles. The number of thiophene rings is 1. The first-order valence-electron chi connectivity index (χ1n) is 7.80. The van der Waals surface area contributed by atoms with E-state index in [1.807, 2.05) is 19.1 Å². The fraction of sp³-hybridized carbons (Fsp3) is 0.500. The van der Waals surface area contributed by atoms with Crippen LogP contribution in [0.3, 0.4) is 0 Å². The van der Waals surface area contributed by atoms with Gasteiger partial charge in [-0.05, 0) is 31.4 Å². The molecule has 23 heavy (non-hydrogen) atoms. The van der Waals surface area contributed by atoms with E-state index in [1.165, 1.54) is 4.88 Å². The lowest BCUT2D eigenvalue weighted by Crippen LogP contribution is -2.38. The van der Waals surface area contributed by atoms with Crippen molar-refractivity contribution >= 4 is 28.9 Å². The standard InChI is InChI=1S/C16H23ClN4OS/c1-4-18-16(19-8-7-13-5-6-15(17)23-13)20-10-12-9-14(11(2)3)21-22-12/h5-6,9,11H,4,7-8,10H2,1-3H3,(H2,18,19,20). The molecule has 0 unspecified atom stereocenters. The van der Waals surface area contributed by atoms with Gasteiger partial charge in [-0.2, -0.15) is 0 Å². The number of nitrogens with zero attached hydrogens (tertiary/aromatic N) is 2. The van der Waals surface area contributed by atoms with E-state index in [-0.39, 0.29) is 0 Å². The summed E-state index contributed by atoms with van der Waals surface area (Å²) in [7, 11) is 0. The Bertz CT molecular complexity index is 636. The van der Waals surface area contributed by atoms with Crippen molar-refractivity contribution in [3.8, 4) is 0 Å². The first-order valence-corrected chi connectivity index (χ1v) is 8.99. The topological polar surface area (TPSA) is 62.5 Å². The minimum Gasteiger partial charge on any atom is -0.359 e. The number of rotatable bonds is 7. The van der Waals surface area contributed by atoms with Gasteiger partial charge in [-0.15, -0.1) is 11.3 Å². The summed E-state index contributed by atoms with van der Waals surface area (Å²) in [4.78, 5) is 5.79. The molecule has 0 aromatic carbocycles. The third kappa shape index (κ3) is 5.88. The molecule has 0 atom stereocenters. The molecule has 2 rings (SSSR count). The fourth-order valence-corrected chi connectivity index (χ4v) is 3.05. The minimum atomic E-state index is 0.362. The van der Waals surface area contributed by atoms with Crippen LogP contribution in [-0.2, 0) is 13.0 Å². The SMILES string of the molecule is CCNC(=NCc1cc(C(C)C)no1)NCCc1ccc(Cl)s1. The van der Waals surface area contributed by atoms with Crippen molar-refractivity contribution in [2.24, 2.45) is 4.99 Å². The quantitative estimate of drug-likeness (QED) is 0.586. The van der Waals surface area contributed by atoms with Crippen LogP contribution in [0, 0.1) is 0 Å². The maximum Gasteiger partial charge on any atom is 0.191 e. The van der Waals surface area contributed by atoms with Crippen LogP contribution in [-0.4, -0.2) is 24.2 Å². The molecule has 0 saturated carbocycles. The van der Waals surface area contributed by atoms with Gasteiger partial charge in [-0.1, -0.05) is 30.6 Å². The number of nitrogens with one attached hydrogen (secondary N) is 2. The van der Waals surface area contributed by atoms with Gasteiger partial charge in [-0.3, -0.25) is 0 Å². The van der Waals surface area contributed by atoms with Crippen molar-refractivity contribution in [3.63, 3.8) is 0 Å². The second kappa shape index (κ2) is 8.93. The van der Waals surface area contributed by atoms with Crippen LogP contribution in [0.2, 0.25) is 4.34 Å². The maximum absolute atomic E-state index is 5.94. The van der Waals surface area contributed by atoms with Crippen molar-refractivity contribution in [1.82, 2.24) is 15.8 Å². The van der Waals surface area contributed by atoms with Gasteiger partial charge in [-0.25, -0.2) is 4.99 Å². The van der Waals surface area contributed by atoms with Gasteiger partial charge in [0.15, 0.2) is 11.7 Å². The van der Waals surface area contributed by atoms with E-state index in [0.29, 0.717) is 12.5 Å². The van der Waals surface area contributed by atoms with Gasteiger partial charge in [0.1, 0.15) is 6.54 Å². The van der Waals surface area contributed by atoms with Gasteiger partial charge >= 0.3 is 0 Å². The molecule has 5 nitrogen and oxygen atoms in total. The molecule has 0 aliphatic heterocycles. The van der Waals surface area contributed by atoms with Crippen molar-refractivity contribution in [3.05, 3.63) is 38.9 Å². The highest BCUT2D eigenvalue weighted by Crippen LogP contribution is 2.21. The van der Waals surface area contributed by atoms with Crippen molar-refractivity contribution in [2.75, 3.05) is 13.1 Å². The largest absolute Gasteiger partial charge is 0.359 e. The summed E-state index contributed by atoms with van der Waals surface area (Å²) in [5.74, 6) is 1.91. The normalized spacial score (nSPS) is 12.0. The Hall–Kier alpha value is -1.53. The zero-order valence-electron chi connectivity index (χ0n) is 13.7. The number of guanidine groups is 1. The molecule has 0 aliphatic rings. The molecule has 0 saturated heterocycles. The Morgan fingerprint density at radius 3 is 2.83 bits per heavy atom. The second-order valence-electron chi connectivity index (χ2n) is 5.45. The van der Waals surface area contributed by atoms with Gasteiger partial charge < -0.3 is 15.2 Å². The molecule has 2 N–H and O–H groups in total. The van der Waals surface area contributed by atoms with Crippen LogP contribution in [0.4, 0.5) is 0 Å². The molecule has 0 aliphatic carbocycles. The number of hydrogen-bond donors (Lipinski definition) is 2. The average molecular weight is 355 g/mol. The Kier molecular flexibility index (Phi) is 6.92. The first kappa shape index (κ1) is 17.8. The summed E-state index contributed by atoms with van der Waals surface area (Å²) in [5.41, 5.74) is 0.961. The summed E-state index contributed by atoms with van der Waals surface area (Å²) in [6.45, 7) is 8.31. The van der Waals surface area contributed by atoms with Crippen LogP contribution < -0.4 is 10.6 Å². The number of aliphatic imine (C=N–C) groups is 1. The maximum atomic E-state index is 5.94. The van der Waals surface area contributed by atoms with Crippen LogP contribution >= 0.6 is 22.9 Å². The van der Waals surface area contributed by atoms with E-state index < -0.39 is 0 Å². The predicted molar refractivity (Wildman–Crippen MR) is 96.4 cm³/mol. The molecule has 0 bridgehead atoms. The molecule has 0 spiro atoms. The van der Waals surface area contributed by atoms with Gasteiger partial charge in [0, 0.05) is 24.0 Å². The molecular formula is C16H23ClN4OS. The smallest absolute Gasteiger partial charge is 0.191 e. The molecular weight excluding hydrogens is 332 g/mol. The lowest BCUT2D eigenvalue weighted by Gasteiger charge is -2.10. The molecule has 2 aromatic rings. The second-order valence-corrected chi connectivity index (χ2v) is 7.25. The third-order valence-corrected chi connectivity index (χ3v) is 4.49. The van der Waals surface area contributed by atoms with Gasteiger partial charge in [0.25, 0.3) is 0 Å². The summed E-state index contributed by atoms with van der Waals surface area (Å²) < 4.78 is 6.13. The van der Waals surface area contributed by atoms with Crippen LogP contribution in [0.1, 0.15) is 43.0 Å². The summed E-state index contributed by atoms with van der Waals surface area (Å²) >= 11 is 7.55. The Morgan fingerprint density at radius 1 is 1.39 bits per heavy atom. The highest BCUT2D eigenvalue weighted by atomic mass is 35.5. The summed E-state index contributed by atoms with van der Waals surface area (Å²) in [6.07, 6.45) is 0.918. The van der Waals surface area contributed by atoms with Gasteiger partial charge in [0.2, 0.25) is 0 Å². The number of halogens is 1. The monoisotopic (exact) mass is 354 g/mol.